The number of aromatic nitrogens is 1. The molecule has 0 spiro atoms. The lowest BCUT2D eigenvalue weighted by Gasteiger charge is -2.07. The summed E-state index contributed by atoms with van der Waals surface area (Å²) in [5, 5.41) is 4.48. The van der Waals surface area contributed by atoms with Crippen LogP contribution in [0.15, 0.2) is 59.1 Å². The number of nitrogens with zero attached hydrogens (tertiary/aromatic N) is 1. The summed E-state index contributed by atoms with van der Waals surface area (Å²) < 4.78 is 21.0. The molecule has 0 fully saturated rings. The first-order valence-electron chi connectivity index (χ1n) is 8.38. The molecule has 0 aliphatic rings. The van der Waals surface area contributed by atoms with Crippen LogP contribution in [0.1, 0.15) is 11.3 Å². The average Bonchev–Trinajstić information content (AvgIpc) is 3.20. The maximum atomic E-state index is 11.9. The van der Waals surface area contributed by atoms with E-state index in [-0.39, 0.29) is 6.61 Å². The maximum absolute atomic E-state index is 11.9. The van der Waals surface area contributed by atoms with E-state index in [1.54, 1.807) is 50.6 Å². The topological polar surface area (TPSA) is 70.8 Å². The molecule has 7 heteroatoms. The smallest absolute Gasteiger partial charge is 0.331 e. The second kappa shape index (κ2) is 9.10. The molecule has 0 unspecified atom stereocenters. The molecule has 6 nitrogen and oxygen atoms in total. The van der Waals surface area contributed by atoms with Gasteiger partial charge in [0.1, 0.15) is 12.3 Å². The zero-order chi connectivity index (χ0) is 19.9. The van der Waals surface area contributed by atoms with E-state index < -0.39 is 5.97 Å². The number of halogens is 1. The third-order valence-corrected chi connectivity index (χ3v) is 4.24. The Labute approximate surface area is 167 Å². The number of rotatable bonds is 7. The summed E-state index contributed by atoms with van der Waals surface area (Å²) in [6.07, 6.45) is 2.92. The molecule has 0 N–H and O–H groups in total. The molecule has 0 radical (unpaired) electrons. The van der Waals surface area contributed by atoms with Gasteiger partial charge in [0.05, 0.1) is 14.2 Å². The summed E-state index contributed by atoms with van der Waals surface area (Å²) in [4.78, 5) is 11.9. The molecule has 0 aliphatic carbocycles. The van der Waals surface area contributed by atoms with Crippen molar-refractivity contribution < 1.29 is 23.5 Å². The van der Waals surface area contributed by atoms with Gasteiger partial charge in [0.2, 0.25) is 0 Å². The fourth-order valence-electron chi connectivity index (χ4n) is 2.47. The lowest BCUT2D eigenvalue weighted by molar-refractivity contribution is -0.139. The van der Waals surface area contributed by atoms with Crippen molar-refractivity contribution in [3.05, 3.63) is 70.9 Å². The van der Waals surface area contributed by atoms with Crippen molar-refractivity contribution in [1.29, 1.82) is 0 Å². The zero-order valence-electron chi connectivity index (χ0n) is 15.3. The summed E-state index contributed by atoms with van der Waals surface area (Å²) in [5.74, 6) is 1.22. The first kappa shape index (κ1) is 19.5. The average molecular weight is 400 g/mol. The summed E-state index contributed by atoms with van der Waals surface area (Å²) >= 11 is 6.04. The van der Waals surface area contributed by atoms with Crippen molar-refractivity contribution in [2.45, 2.75) is 6.61 Å². The van der Waals surface area contributed by atoms with Crippen LogP contribution in [0.25, 0.3) is 17.4 Å². The summed E-state index contributed by atoms with van der Waals surface area (Å²) in [6.45, 7) is -0.0114. The van der Waals surface area contributed by atoms with E-state index in [0.717, 1.165) is 11.1 Å². The number of esters is 1. The molecule has 2 aromatic carbocycles. The van der Waals surface area contributed by atoms with E-state index in [1.165, 1.54) is 6.08 Å². The number of benzene rings is 2. The molecule has 0 bridgehead atoms. The van der Waals surface area contributed by atoms with Gasteiger partial charge in [-0.3, -0.25) is 0 Å². The Morgan fingerprint density at radius 3 is 2.64 bits per heavy atom. The quantitative estimate of drug-likeness (QED) is 0.421. The zero-order valence-corrected chi connectivity index (χ0v) is 16.1. The Bertz CT molecular complexity index is 996. The molecule has 0 atom stereocenters. The van der Waals surface area contributed by atoms with Crippen LogP contribution in [0, 0.1) is 0 Å². The Morgan fingerprint density at radius 1 is 1.11 bits per heavy atom. The van der Waals surface area contributed by atoms with Crippen molar-refractivity contribution in [3.63, 3.8) is 0 Å². The van der Waals surface area contributed by atoms with Crippen molar-refractivity contribution in [3.8, 4) is 22.8 Å². The van der Waals surface area contributed by atoms with Crippen LogP contribution in [0.5, 0.6) is 11.5 Å². The van der Waals surface area contributed by atoms with Crippen LogP contribution in [0.2, 0.25) is 5.02 Å². The van der Waals surface area contributed by atoms with E-state index in [1.807, 2.05) is 18.2 Å². The number of ether oxygens (including phenoxy) is 3. The lowest BCUT2D eigenvalue weighted by atomic mass is 10.1. The third-order valence-electron chi connectivity index (χ3n) is 3.89. The molecule has 1 heterocycles. The number of hydrogen-bond donors (Lipinski definition) is 0. The van der Waals surface area contributed by atoms with E-state index in [4.69, 9.17) is 30.3 Å². The van der Waals surface area contributed by atoms with Gasteiger partial charge in [-0.2, -0.15) is 0 Å². The minimum atomic E-state index is -0.504. The van der Waals surface area contributed by atoms with Crippen LogP contribution in [0.4, 0.5) is 0 Å². The standard InChI is InChI=1S/C21H18ClNO5/c1-25-18-9-7-15(11-20(18)26-2)19-12-16(23-28-19)13-27-21(24)10-8-14-5-3-4-6-17(14)22/h3-12H,13H2,1-2H3/b10-8+. The Morgan fingerprint density at radius 2 is 1.89 bits per heavy atom. The molecule has 0 saturated carbocycles. The SMILES string of the molecule is COc1ccc(-c2cc(COC(=O)/C=C/c3ccccc3Cl)no2)cc1OC. The van der Waals surface area contributed by atoms with E-state index in [2.05, 4.69) is 5.16 Å². The predicted molar refractivity (Wildman–Crippen MR) is 105 cm³/mol. The highest BCUT2D eigenvalue weighted by atomic mass is 35.5. The molecule has 0 aliphatic heterocycles. The monoisotopic (exact) mass is 399 g/mol. The van der Waals surface area contributed by atoms with Crippen LogP contribution >= 0.6 is 11.6 Å². The highest BCUT2D eigenvalue weighted by molar-refractivity contribution is 6.32. The van der Waals surface area contributed by atoms with Gasteiger partial charge in [-0.05, 0) is 35.9 Å². The van der Waals surface area contributed by atoms with Crippen LogP contribution < -0.4 is 9.47 Å². The van der Waals surface area contributed by atoms with Crippen molar-refractivity contribution in [1.82, 2.24) is 5.16 Å². The molecule has 0 amide bonds. The van der Waals surface area contributed by atoms with Gasteiger partial charge < -0.3 is 18.7 Å². The first-order chi connectivity index (χ1) is 13.6. The number of hydrogen-bond acceptors (Lipinski definition) is 6. The summed E-state index contributed by atoms with van der Waals surface area (Å²) in [7, 11) is 3.13. The van der Waals surface area contributed by atoms with Gasteiger partial charge in [-0.1, -0.05) is 35.0 Å². The third kappa shape index (κ3) is 4.72. The number of carbonyl (C=O) groups excluding carboxylic acids is 1. The van der Waals surface area contributed by atoms with E-state index in [9.17, 15) is 4.79 Å². The largest absolute Gasteiger partial charge is 0.493 e. The molecule has 3 rings (SSSR count). The number of methoxy groups -OCH3 is 2. The van der Waals surface area contributed by atoms with Gasteiger partial charge >= 0.3 is 5.97 Å². The van der Waals surface area contributed by atoms with Crippen molar-refractivity contribution in [2.75, 3.05) is 14.2 Å². The van der Waals surface area contributed by atoms with Crippen molar-refractivity contribution in [2.24, 2.45) is 0 Å². The lowest BCUT2D eigenvalue weighted by Crippen LogP contribution is -2.00. The molecule has 3 aromatic rings. The van der Waals surface area contributed by atoms with E-state index in [0.29, 0.717) is 28.0 Å². The number of carbonyl (C=O) groups is 1. The maximum Gasteiger partial charge on any atom is 0.331 e. The fourth-order valence-corrected chi connectivity index (χ4v) is 2.67. The highest BCUT2D eigenvalue weighted by Crippen LogP contribution is 2.32. The molecular weight excluding hydrogens is 382 g/mol. The molecular formula is C21H18ClNO5. The van der Waals surface area contributed by atoms with Crippen molar-refractivity contribution >= 4 is 23.6 Å². The van der Waals surface area contributed by atoms with E-state index >= 15 is 0 Å². The second-order valence-electron chi connectivity index (χ2n) is 5.71. The minimum Gasteiger partial charge on any atom is -0.493 e. The van der Waals surface area contributed by atoms with Gasteiger partial charge in [-0.15, -0.1) is 0 Å². The molecule has 144 valence electrons. The molecule has 28 heavy (non-hydrogen) atoms. The second-order valence-corrected chi connectivity index (χ2v) is 6.12. The van der Waals surface area contributed by atoms with Gasteiger partial charge in [-0.25, -0.2) is 4.79 Å². The normalized spacial score (nSPS) is 10.8. The fraction of sp³-hybridized carbons (Fsp3) is 0.143. The van der Waals surface area contributed by atoms with Gasteiger partial charge in [0, 0.05) is 22.7 Å². The molecule has 1 aromatic heterocycles. The first-order valence-corrected chi connectivity index (χ1v) is 8.76. The van der Waals surface area contributed by atoms with Crippen LogP contribution in [-0.2, 0) is 16.1 Å². The summed E-state index contributed by atoms with van der Waals surface area (Å²) in [5.41, 5.74) is 1.99. The minimum absolute atomic E-state index is 0.0114. The predicted octanol–water partition coefficient (Wildman–Crippen LogP) is 4.77. The van der Waals surface area contributed by atoms with Crippen LogP contribution in [0.3, 0.4) is 0 Å². The van der Waals surface area contributed by atoms with Gasteiger partial charge in [0.15, 0.2) is 17.3 Å². The van der Waals surface area contributed by atoms with Crippen LogP contribution in [-0.4, -0.2) is 25.3 Å². The Hall–Kier alpha value is -3.25. The summed E-state index contributed by atoms with van der Waals surface area (Å²) in [6, 6.07) is 14.3. The highest BCUT2D eigenvalue weighted by Gasteiger charge is 2.12. The Balaban J connectivity index is 1.62. The van der Waals surface area contributed by atoms with Gasteiger partial charge in [0.25, 0.3) is 0 Å². The Kier molecular flexibility index (Phi) is 6.34. The molecule has 0 saturated heterocycles.